The fourth-order valence-electron chi connectivity index (χ4n) is 3.02. The van der Waals surface area contributed by atoms with Crippen LogP contribution < -0.4 is 5.32 Å². The lowest BCUT2D eigenvalue weighted by Gasteiger charge is -2.27. The Balaban J connectivity index is 1.68. The van der Waals surface area contributed by atoms with E-state index in [-0.39, 0.29) is 0 Å². The van der Waals surface area contributed by atoms with Crippen LogP contribution in [0.1, 0.15) is 30.4 Å². The van der Waals surface area contributed by atoms with Gasteiger partial charge in [-0.15, -0.1) is 0 Å². The van der Waals surface area contributed by atoms with E-state index in [0.717, 1.165) is 6.42 Å². The van der Waals surface area contributed by atoms with Crippen LogP contribution in [0, 0.1) is 0 Å². The van der Waals surface area contributed by atoms with Gasteiger partial charge in [0.15, 0.2) is 0 Å². The molecule has 2 aromatic rings. The van der Waals surface area contributed by atoms with Crippen molar-refractivity contribution in [2.75, 3.05) is 5.32 Å². The minimum absolute atomic E-state index is 0.715. The molecule has 0 amide bonds. The van der Waals surface area contributed by atoms with Gasteiger partial charge < -0.3 is 5.32 Å². The summed E-state index contributed by atoms with van der Waals surface area (Å²) in [5.74, 6) is 0. The van der Waals surface area contributed by atoms with Crippen molar-refractivity contribution in [1.29, 1.82) is 0 Å². The second kappa shape index (κ2) is 3.88. The summed E-state index contributed by atoms with van der Waals surface area (Å²) in [4.78, 5) is 0. The third-order valence-electron chi connectivity index (χ3n) is 4.27. The van der Waals surface area contributed by atoms with E-state index in [1.807, 2.05) is 0 Å². The molecule has 1 saturated carbocycles. The third-order valence-corrected chi connectivity index (χ3v) is 4.27. The van der Waals surface area contributed by atoms with E-state index in [0.29, 0.717) is 6.04 Å². The molecule has 2 aliphatic rings. The molecule has 0 bridgehead atoms. The lowest BCUT2D eigenvalue weighted by Crippen LogP contribution is -2.26. The largest absolute Gasteiger partial charge is 0.382 e. The first kappa shape index (κ1) is 10.2. The van der Waals surface area contributed by atoms with Crippen LogP contribution in [0.25, 0.3) is 11.1 Å². The van der Waals surface area contributed by atoms with Crippen molar-refractivity contribution in [3.63, 3.8) is 0 Å². The van der Waals surface area contributed by atoms with Crippen LogP contribution in [0.4, 0.5) is 5.69 Å². The first-order valence-corrected chi connectivity index (χ1v) is 6.88. The second-order valence-electron chi connectivity index (χ2n) is 5.48. The molecule has 90 valence electrons. The number of fused-ring (bicyclic) bond motifs is 3. The van der Waals surface area contributed by atoms with Crippen LogP contribution in [-0.4, -0.2) is 6.04 Å². The van der Waals surface area contributed by atoms with Gasteiger partial charge in [0.25, 0.3) is 0 Å². The summed E-state index contributed by atoms with van der Waals surface area (Å²) in [6, 6.07) is 16.3. The van der Waals surface area contributed by atoms with Crippen LogP contribution in [0.15, 0.2) is 42.5 Å². The fourth-order valence-corrected chi connectivity index (χ4v) is 3.02. The van der Waals surface area contributed by atoms with Crippen molar-refractivity contribution >= 4 is 5.69 Å². The predicted octanol–water partition coefficient (Wildman–Crippen LogP) is 4.22. The fraction of sp³-hybridized carbons (Fsp3) is 0.294. The Morgan fingerprint density at radius 1 is 0.889 bits per heavy atom. The summed E-state index contributed by atoms with van der Waals surface area (Å²) in [5, 5.41) is 3.63. The first-order chi connectivity index (χ1) is 8.90. The summed E-state index contributed by atoms with van der Waals surface area (Å²) in [6.45, 7) is 0. The van der Waals surface area contributed by atoms with Gasteiger partial charge in [0.2, 0.25) is 0 Å². The maximum absolute atomic E-state index is 3.63. The number of nitrogens with one attached hydrogen (secondary N) is 1. The quantitative estimate of drug-likeness (QED) is 0.701. The number of hydrogen-bond donors (Lipinski definition) is 1. The first-order valence-electron chi connectivity index (χ1n) is 6.88. The van der Waals surface area contributed by atoms with E-state index in [1.165, 1.54) is 47.2 Å². The topological polar surface area (TPSA) is 12.0 Å². The monoisotopic (exact) mass is 235 g/mol. The smallest absolute Gasteiger partial charge is 0.0345 e. The summed E-state index contributed by atoms with van der Waals surface area (Å²) in [5.41, 5.74) is 7.08. The van der Waals surface area contributed by atoms with Gasteiger partial charge in [0, 0.05) is 11.7 Å². The molecule has 1 nitrogen and oxygen atoms in total. The third kappa shape index (κ3) is 1.54. The highest BCUT2D eigenvalue weighted by Gasteiger charge is 2.20. The Morgan fingerprint density at radius 2 is 1.72 bits per heavy atom. The molecule has 0 heterocycles. The highest BCUT2D eigenvalue weighted by molar-refractivity contribution is 5.78. The molecule has 18 heavy (non-hydrogen) atoms. The van der Waals surface area contributed by atoms with Crippen LogP contribution >= 0.6 is 0 Å². The van der Waals surface area contributed by atoms with Gasteiger partial charge in [0.05, 0.1) is 0 Å². The molecule has 0 radical (unpaired) electrons. The Bertz CT molecular complexity index is 596. The number of rotatable bonds is 2. The molecular formula is C17H17N. The molecular weight excluding hydrogens is 218 g/mol. The number of benzene rings is 2. The molecule has 0 atom stereocenters. The molecule has 0 spiro atoms. The van der Waals surface area contributed by atoms with Gasteiger partial charge in [0.1, 0.15) is 0 Å². The van der Waals surface area contributed by atoms with Gasteiger partial charge in [-0.2, -0.15) is 0 Å². The Labute approximate surface area is 108 Å². The normalized spacial score (nSPS) is 16.9. The summed E-state index contributed by atoms with van der Waals surface area (Å²) in [7, 11) is 0. The molecule has 0 aromatic heterocycles. The molecule has 0 aliphatic heterocycles. The molecule has 2 aromatic carbocycles. The zero-order chi connectivity index (χ0) is 11.9. The van der Waals surface area contributed by atoms with Crippen molar-refractivity contribution in [1.82, 2.24) is 0 Å². The Hall–Kier alpha value is -1.76. The zero-order valence-corrected chi connectivity index (χ0v) is 10.4. The average Bonchev–Trinajstić information content (AvgIpc) is 2.71. The van der Waals surface area contributed by atoms with Crippen LogP contribution in [-0.2, 0) is 6.42 Å². The Kier molecular flexibility index (Phi) is 2.19. The van der Waals surface area contributed by atoms with E-state index >= 15 is 0 Å². The van der Waals surface area contributed by atoms with E-state index < -0.39 is 0 Å². The highest BCUT2D eigenvalue weighted by atomic mass is 14.9. The molecule has 0 unspecified atom stereocenters. The van der Waals surface area contributed by atoms with Crippen molar-refractivity contribution < 1.29 is 0 Å². The second-order valence-corrected chi connectivity index (χ2v) is 5.48. The highest BCUT2D eigenvalue weighted by Crippen LogP contribution is 2.38. The lowest BCUT2D eigenvalue weighted by atomic mass is 9.93. The van der Waals surface area contributed by atoms with Gasteiger partial charge in [-0.05, 0) is 60.1 Å². The van der Waals surface area contributed by atoms with Gasteiger partial charge in [-0.3, -0.25) is 0 Å². The minimum Gasteiger partial charge on any atom is -0.382 e. The molecule has 4 rings (SSSR count). The van der Waals surface area contributed by atoms with E-state index in [2.05, 4.69) is 47.8 Å². The van der Waals surface area contributed by atoms with Gasteiger partial charge in [-0.25, -0.2) is 0 Å². The van der Waals surface area contributed by atoms with Crippen LogP contribution in [0.5, 0.6) is 0 Å². The lowest BCUT2D eigenvalue weighted by molar-refractivity contribution is 0.445. The van der Waals surface area contributed by atoms with E-state index in [4.69, 9.17) is 0 Å². The van der Waals surface area contributed by atoms with Gasteiger partial charge >= 0.3 is 0 Å². The summed E-state index contributed by atoms with van der Waals surface area (Å²) >= 11 is 0. The predicted molar refractivity (Wildman–Crippen MR) is 75.9 cm³/mol. The summed E-state index contributed by atoms with van der Waals surface area (Å²) in [6.07, 6.45) is 5.13. The SMILES string of the molecule is c1ccc2c(c1)Cc1cc(NC3CCC3)ccc1-2. The van der Waals surface area contributed by atoms with Crippen LogP contribution in [0.3, 0.4) is 0 Å². The maximum Gasteiger partial charge on any atom is 0.0345 e. The molecule has 1 N–H and O–H groups in total. The molecule has 1 fully saturated rings. The van der Waals surface area contributed by atoms with Crippen LogP contribution in [0.2, 0.25) is 0 Å². The number of hydrogen-bond acceptors (Lipinski definition) is 1. The summed E-state index contributed by atoms with van der Waals surface area (Å²) < 4.78 is 0. The van der Waals surface area contributed by atoms with Crippen molar-refractivity contribution in [2.45, 2.75) is 31.7 Å². The van der Waals surface area contributed by atoms with Crippen molar-refractivity contribution in [3.8, 4) is 11.1 Å². The Morgan fingerprint density at radius 3 is 2.56 bits per heavy atom. The molecule has 0 saturated heterocycles. The van der Waals surface area contributed by atoms with E-state index in [1.54, 1.807) is 0 Å². The molecule has 1 heteroatoms. The maximum atomic E-state index is 3.63. The zero-order valence-electron chi connectivity index (χ0n) is 10.4. The molecule has 2 aliphatic carbocycles. The standard InChI is InChI=1S/C17H17N/c1-2-7-16-12(4-1)10-13-11-15(8-9-17(13)16)18-14-5-3-6-14/h1-2,4,7-9,11,14,18H,3,5-6,10H2. The minimum atomic E-state index is 0.715. The average molecular weight is 235 g/mol. The van der Waals surface area contributed by atoms with Crippen molar-refractivity contribution in [2.24, 2.45) is 0 Å². The van der Waals surface area contributed by atoms with E-state index in [9.17, 15) is 0 Å². The number of anilines is 1. The van der Waals surface area contributed by atoms with Gasteiger partial charge in [-0.1, -0.05) is 30.3 Å². The van der Waals surface area contributed by atoms with Crippen molar-refractivity contribution in [3.05, 3.63) is 53.6 Å².